The van der Waals surface area contributed by atoms with E-state index < -0.39 is 17.4 Å². The highest BCUT2D eigenvalue weighted by atomic mass is 16.3. The summed E-state index contributed by atoms with van der Waals surface area (Å²) in [4.78, 5) is 45.8. The van der Waals surface area contributed by atoms with E-state index in [1.54, 1.807) is 39.8 Å². The van der Waals surface area contributed by atoms with Gasteiger partial charge in [0.05, 0.1) is 36.1 Å². The zero-order valence-electron chi connectivity index (χ0n) is 25.1. The van der Waals surface area contributed by atoms with Gasteiger partial charge in [-0.05, 0) is 54.1 Å². The summed E-state index contributed by atoms with van der Waals surface area (Å²) >= 11 is 0. The molecule has 3 amide bonds. The van der Waals surface area contributed by atoms with Gasteiger partial charge in [0.2, 0.25) is 5.91 Å². The van der Waals surface area contributed by atoms with E-state index in [1.807, 2.05) is 78.9 Å². The molecule has 0 saturated carbocycles. The molecule has 228 valence electrons. The van der Waals surface area contributed by atoms with Crippen molar-refractivity contribution in [3.63, 3.8) is 0 Å². The highest BCUT2D eigenvalue weighted by Gasteiger charge is 2.53. The quantitative estimate of drug-likeness (QED) is 0.262. The summed E-state index contributed by atoms with van der Waals surface area (Å²) in [6.45, 7) is 2.60. The lowest BCUT2D eigenvalue weighted by Crippen LogP contribution is -2.44. The zero-order chi connectivity index (χ0) is 31.3. The molecule has 7 rings (SSSR count). The molecule has 3 aliphatic heterocycles. The van der Waals surface area contributed by atoms with Gasteiger partial charge in [0.1, 0.15) is 0 Å². The Kier molecular flexibility index (Phi) is 7.26. The number of amides is 3. The number of carbonyl (C=O) groups excluding carboxylic acids is 3. The standard InChI is InChI=1S/C37H35N3O5/c1-24(9-5-17-33(42)38-20-8-14-28(38)23-41)37(45)30-21-27(18-19-31(30)39(36(37)44)22-25-10-3-2-4-11-25)40-32-16-7-13-26-12-6-15-29(34(26)32)35(40)43/h2-7,9-13,15-16,18-19,21,24,28,41,45H,8,14,17,20,22-23H2,1H3/b9-5+/t24-,28+,37+/m1/s1. The molecule has 0 unspecified atom stereocenters. The predicted molar refractivity (Wildman–Crippen MR) is 173 cm³/mol. The number of benzene rings is 4. The lowest BCUT2D eigenvalue weighted by atomic mass is 9.82. The van der Waals surface area contributed by atoms with Crippen LogP contribution in [0.2, 0.25) is 0 Å². The average Bonchev–Trinajstić information content (AvgIpc) is 3.72. The number of aliphatic hydroxyl groups excluding tert-OH is 1. The highest BCUT2D eigenvalue weighted by Crippen LogP contribution is 2.49. The molecule has 0 aromatic heterocycles. The van der Waals surface area contributed by atoms with Crippen molar-refractivity contribution in [2.45, 2.75) is 44.4 Å². The van der Waals surface area contributed by atoms with Crippen molar-refractivity contribution < 1.29 is 24.6 Å². The highest BCUT2D eigenvalue weighted by molar-refractivity contribution is 6.28. The average molecular weight is 602 g/mol. The monoisotopic (exact) mass is 601 g/mol. The van der Waals surface area contributed by atoms with Gasteiger partial charge in [-0.25, -0.2) is 0 Å². The maximum absolute atomic E-state index is 14.2. The molecule has 8 heteroatoms. The van der Waals surface area contributed by atoms with Crippen LogP contribution in [0.25, 0.3) is 10.8 Å². The molecule has 3 aliphatic rings. The van der Waals surface area contributed by atoms with Crippen LogP contribution in [0.3, 0.4) is 0 Å². The van der Waals surface area contributed by atoms with Crippen molar-refractivity contribution in [3.8, 4) is 0 Å². The van der Waals surface area contributed by atoms with Crippen molar-refractivity contribution >= 4 is 45.6 Å². The molecule has 0 bridgehead atoms. The molecular formula is C37H35N3O5. The van der Waals surface area contributed by atoms with Crippen molar-refractivity contribution in [2.75, 3.05) is 23.0 Å². The predicted octanol–water partition coefficient (Wildman–Crippen LogP) is 5.43. The van der Waals surface area contributed by atoms with Crippen LogP contribution in [0.5, 0.6) is 0 Å². The Morgan fingerprint density at radius 3 is 2.56 bits per heavy atom. The van der Waals surface area contributed by atoms with E-state index in [1.165, 1.54) is 0 Å². The Bertz CT molecular complexity index is 1850. The third-order valence-electron chi connectivity index (χ3n) is 9.54. The molecule has 45 heavy (non-hydrogen) atoms. The number of anilines is 3. The number of hydrogen-bond donors (Lipinski definition) is 2. The van der Waals surface area contributed by atoms with E-state index in [4.69, 9.17) is 0 Å². The molecule has 2 N–H and O–H groups in total. The first-order valence-corrected chi connectivity index (χ1v) is 15.5. The van der Waals surface area contributed by atoms with Crippen LogP contribution < -0.4 is 9.80 Å². The second-order valence-electron chi connectivity index (χ2n) is 12.2. The van der Waals surface area contributed by atoms with Crippen LogP contribution >= 0.6 is 0 Å². The van der Waals surface area contributed by atoms with Crippen molar-refractivity contribution in [1.29, 1.82) is 0 Å². The summed E-state index contributed by atoms with van der Waals surface area (Å²) in [6.07, 6.45) is 5.18. The van der Waals surface area contributed by atoms with Gasteiger partial charge in [-0.1, -0.05) is 73.7 Å². The number of carbonyl (C=O) groups is 3. The third kappa shape index (κ3) is 4.64. The molecule has 3 atom stereocenters. The number of likely N-dealkylation sites (tertiary alicyclic amines) is 1. The summed E-state index contributed by atoms with van der Waals surface area (Å²) in [7, 11) is 0. The molecule has 1 fully saturated rings. The Morgan fingerprint density at radius 2 is 1.78 bits per heavy atom. The number of nitrogens with zero attached hydrogens (tertiary/aromatic N) is 3. The Morgan fingerprint density at radius 1 is 1.00 bits per heavy atom. The first-order chi connectivity index (χ1) is 21.8. The number of fused-ring (bicyclic) bond motifs is 1. The number of rotatable bonds is 8. The fourth-order valence-corrected chi connectivity index (χ4v) is 7.15. The van der Waals surface area contributed by atoms with Crippen LogP contribution in [0.4, 0.5) is 17.1 Å². The van der Waals surface area contributed by atoms with Crippen LogP contribution in [-0.4, -0.2) is 52.0 Å². The Hall–Kier alpha value is -4.79. The minimum absolute atomic E-state index is 0.0599. The van der Waals surface area contributed by atoms with Crippen LogP contribution in [-0.2, 0) is 21.7 Å². The summed E-state index contributed by atoms with van der Waals surface area (Å²) < 4.78 is 0. The maximum atomic E-state index is 14.2. The minimum Gasteiger partial charge on any atom is -0.394 e. The number of aliphatic hydroxyl groups is 2. The first kappa shape index (κ1) is 29.0. The Balaban J connectivity index is 1.25. The molecule has 8 nitrogen and oxygen atoms in total. The summed E-state index contributed by atoms with van der Waals surface area (Å²) in [6, 6.07) is 26.3. The van der Waals surface area contributed by atoms with E-state index in [9.17, 15) is 24.6 Å². The van der Waals surface area contributed by atoms with Gasteiger partial charge in [0.25, 0.3) is 11.8 Å². The van der Waals surface area contributed by atoms with Crippen LogP contribution in [0, 0.1) is 5.92 Å². The van der Waals surface area contributed by atoms with E-state index in [0.717, 1.165) is 34.9 Å². The van der Waals surface area contributed by atoms with Gasteiger partial charge in [0, 0.05) is 35.5 Å². The van der Waals surface area contributed by atoms with E-state index in [2.05, 4.69) is 0 Å². The molecule has 0 aliphatic carbocycles. The van der Waals surface area contributed by atoms with E-state index in [-0.39, 0.29) is 37.4 Å². The van der Waals surface area contributed by atoms with Gasteiger partial charge in [-0.15, -0.1) is 0 Å². The van der Waals surface area contributed by atoms with Gasteiger partial charge < -0.3 is 20.0 Å². The molecule has 3 heterocycles. The SMILES string of the molecule is C[C@H](/C=C/CC(=O)N1CCC[C@H]1CO)[C@@]1(O)C(=O)N(Cc2ccccc2)c2ccc(N3C(=O)c4cccc5cccc3c45)cc21. The van der Waals surface area contributed by atoms with Gasteiger partial charge in [-0.2, -0.15) is 0 Å². The van der Waals surface area contributed by atoms with E-state index >= 15 is 0 Å². The second-order valence-corrected chi connectivity index (χ2v) is 12.2. The summed E-state index contributed by atoms with van der Waals surface area (Å²) in [5, 5.41) is 23.8. The fourth-order valence-electron chi connectivity index (χ4n) is 7.15. The number of hydrogen-bond acceptors (Lipinski definition) is 5. The largest absolute Gasteiger partial charge is 0.394 e. The normalized spacial score (nSPS) is 21.4. The summed E-state index contributed by atoms with van der Waals surface area (Å²) in [5.41, 5.74) is 1.92. The van der Waals surface area contributed by atoms with Crippen LogP contribution in [0.15, 0.2) is 97.1 Å². The minimum atomic E-state index is -1.93. The maximum Gasteiger partial charge on any atom is 0.264 e. The molecule has 1 saturated heterocycles. The smallest absolute Gasteiger partial charge is 0.264 e. The lowest BCUT2D eigenvalue weighted by molar-refractivity contribution is -0.139. The van der Waals surface area contributed by atoms with Gasteiger partial charge in [0.15, 0.2) is 5.60 Å². The van der Waals surface area contributed by atoms with E-state index in [0.29, 0.717) is 29.0 Å². The molecule has 0 radical (unpaired) electrons. The van der Waals surface area contributed by atoms with Gasteiger partial charge >= 0.3 is 0 Å². The lowest BCUT2D eigenvalue weighted by Gasteiger charge is -2.28. The summed E-state index contributed by atoms with van der Waals surface area (Å²) in [5.74, 6) is -1.39. The van der Waals surface area contributed by atoms with Crippen molar-refractivity contribution in [2.24, 2.45) is 5.92 Å². The molecule has 4 aromatic carbocycles. The second kappa shape index (κ2) is 11.3. The van der Waals surface area contributed by atoms with Gasteiger partial charge in [-0.3, -0.25) is 19.3 Å². The first-order valence-electron chi connectivity index (χ1n) is 15.5. The van der Waals surface area contributed by atoms with Crippen molar-refractivity contribution in [1.82, 2.24) is 4.90 Å². The van der Waals surface area contributed by atoms with Crippen LogP contribution in [0.1, 0.15) is 47.7 Å². The fraction of sp³-hybridized carbons (Fsp3) is 0.270. The Labute approximate surface area is 261 Å². The molecule has 4 aromatic rings. The molecular weight excluding hydrogens is 566 g/mol. The third-order valence-corrected chi connectivity index (χ3v) is 9.54. The van der Waals surface area contributed by atoms with Crippen molar-refractivity contribution in [3.05, 3.63) is 114 Å². The zero-order valence-corrected chi connectivity index (χ0v) is 25.1. The molecule has 0 spiro atoms. The topological polar surface area (TPSA) is 101 Å².